The van der Waals surface area contributed by atoms with Crippen molar-refractivity contribution in [3.63, 3.8) is 0 Å². The first-order chi connectivity index (χ1) is 11.3. The van der Waals surface area contributed by atoms with E-state index >= 15 is 0 Å². The Morgan fingerprint density at radius 2 is 0.783 bits per heavy atom. The molecule has 0 heterocycles. The van der Waals surface area contributed by atoms with E-state index in [2.05, 4.69) is 38.5 Å². The molecule has 4 aliphatic carbocycles. The third kappa shape index (κ3) is 7.70. The Morgan fingerprint density at radius 3 is 1.04 bits per heavy atom. The number of halogens is 2. The molecular formula is C20H26Cl2Zr+2. The summed E-state index contributed by atoms with van der Waals surface area (Å²) >= 11 is -0.826. The minimum absolute atomic E-state index is 0.826. The molecular weight excluding hydrogens is 402 g/mol. The van der Waals surface area contributed by atoms with Crippen molar-refractivity contribution in [2.75, 3.05) is 0 Å². The summed E-state index contributed by atoms with van der Waals surface area (Å²) in [5, 5.41) is 0. The zero-order chi connectivity index (χ0) is 16.3. The van der Waals surface area contributed by atoms with Crippen LogP contribution in [0.2, 0.25) is 0 Å². The first-order valence-corrected chi connectivity index (χ1v) is 15.1. The van der Waals surface area contributed by atoms with Crippen molar-refractivity contribution in [2.45, 2.75) is 64.2 Å². The first-order valence-electron chi connectivity index (χ1n) is 8.78. The molecule has 4 fully saturated rings. The zero-order valence-corrected chi connectivity index (χ0v) is 17.8. The summed E-state index contributed by atoms with van der Waals surface area (Å²) in [6.45, 7) is 0. The van der Waals surface area contributed by atoms with Crippen LogP contribution in [-0.4, -0.2) is 0 Å². The van der Waals surface area contributed by atoms with Gasteiger partial charge in [-0.2, -0.15) is 0 Å². The van der Waals surface area contributed by atoms with E-state index in [9.17, 15) is 0 Å². The Labute approximate surface area is 163 Å². The zero-order valence-electron chi connectivity index (χ0n) is 13.8. The monoisotopic (exact) mass is 426 g/mol. The van der Waals surface area contributed by atoms with Gasteiger partial charge in [-0.25, -0.2) is 0 Å². The van der Waals surface area contributed by atoms with Crippen molar-refractivity contribution in [3.05, 3.63) is 62.2 Å². The molecule has 0 amide bonds. The second-order valence-electron chi connectivity index (χ2n) is 6.35. The van der Waals surface area contributed by atoms with Gasteiger partial charge >= 0.3 is 37.9 Å². The fraction of sp³-hybridized carbons (Fsp3) is 0.500. The Balaban J connectivity index is 0.000000143. The van der Waals surface area contributed by atoms with E-state index in [1.165, 1.54) is 64.2 Å². The fourth-order valence-corrected chi connectivity index (χ4v) is 3.58. The van der Waals surface area contributed by atoms with E-state index < -0.39 is 20.8 Å². The SMILES string of the molecule is [CH]1[CH][C]2CCCCC[C]2[CH]1.[CH]1[CH][C]2CCCCC[C]2[CH]1.[Cl][Zr+2][Cl]. The van der Waals surface area contributed by atoms with Crippen LogP contribution in [0.1, 0.15) is 64.2 Å². The third-order valence-electron chi connectivity index (χ3n) is 4.80. The number of fused-ring (bicyclic) bond motifs is 2. The number of hydrogen-bond acceptors (Lipinski definition) is 0. The van der Waals surface area contributed by atoms with Gasteiger partial charge in [0, 0.05) is 0 Å². The van der Waals surface area contributed by atoms with Gasteiger partial charge < -0.3 is 0 Å². The summed E-state index contributed by atoms with van der Waals surface area (Å²) in [6.07, 6.45) is 27.2. The number of hydrogen-bond donors (Lipinski definition) is 0. The van der Waals surface area contributed by atoms with E-state index in [4.69, 9.17) is 17.0 Å². The van der Waals surface area contributed by atoms with Gasteiger partial charge in [0.1, 0.15) is 0 Å². The molecule has 0 saturated heterocycles. The molecule has 0 aliphatic heterocycles. The van der Waals surface area contributed by atoms with Gasteiger partial charge in [-0.15, -0.1) is 0 Å². The van der Waals surface area contributed by atoms with E-state index in [0.29, 0.717) is 0 Å². The molecule has 4 rings (SSSR count). The van der Waals surface area contributed by atoms with Crippen LogP contribution in [0.3, 0.4) is 0 Å². The van der Waals surface area contributed by atoms with E-state index in [1.54, 1.807) is 23.7 Å². The molecule has 0 aromatic rings. The van der Waals surface area contributed by atoms with Crippen molar-refractivity contribution in [1.29, 1.82) is 0 Å². The topological polar surface area (TPSA) is 0 Å². The molecule has 0 aromatic heterocycles. The van der Waals surface area contributed by atoms with Crippen LogP contribution < -0.4 is 0 Å². The van der Waals surface area contributed by atoms with Crippen LogP contribution in [0, 0.1) is 62.2 Å². The standard InChI is InChI=1S/2C10H13.2ClH.Zr/c2*1-2-5-9-7-4-8-10(9)6-3-1;;;/h2*4,7-8H,1-3,5-6H2;2*1H;/q;;;;+4/p-2. The molecule has 4 aliphatic rings. The van der Waals surface area contributed by atoms with Gasteiger partial charge in [-0.3, -0.25) is 0 Å². The molecule has 0 nitrogen and oxygen atoms in total. The molecule has 0 spiro atoms. The Hall–Kier alpha value is 1.46. The summed E-state index contributed by atoms with van der Waals surface area (Å²) in [7, 11) is 9.87. The van der Waals surface area contributed by atoms with Crippen LogP contribution in [0.25, 0.3) is 0 Å². The van der Waals surface area contributed by atoms with Crippen molar-refractivity contribution in [1.82, 2.24) is 0 Å². The molecule has 0 bridgehead atoms. The first kappa shape index (κ1) is 20.8. The molecule has 3 heteroatoms. The van der Waals surface area contributed by atoms with Crippen molar-refractivity contribution in [3.8, 4) is 0 Å². The van der Waals surface area contributed by atoms with Gasteiger partial charge in [0.25, 0.3) is 0 Å². The molecule has 0 unspecified atom stereocenters. The fourth-order valence-electron chi connectivity index (χ4n) is 3.58. The molecule has 122 valence electrons. The molecule has 0 N–H and O–H groups in total. The molecule has 23 heavy (non-hydrogen) atoms. The minimum atomic E-state index is -0.826. The van der Waals surface area contributed by atoms with E-state index in [1.807, 2.05) is 0 Å². The third-order valence-corrected chi connectivity index (χ3v) is 4.80. The van der Waals surface area contributed by atoms with Gasteiger partial charge in [0.15, 0.2) is 0 Å². The Kier molecular flexibility index (Phi) is 11.5. The predicted octanol–water partition coefficient (Wildman–Crippen LogP) is 6.83. The van der Waals surface area contributed by atoms with Crippen LogP contribution in [0.15, 0.2) is 0 Å². The summed E-state index contributed by atoms with van der Waals surface area (Å²) in [6, 6.07) is 0. The second kappa shape index (κ2) is 12.8. The second-order valence-corrected chi connectivity index (χ2v) is 10.1. The van der Waals surface area contributed by atoms with E-state index in [0.717, 1.165) is 0 Å². The maximum absolute atomic E-state index is 4.93. The normalized spacial score (nSPS) is 26.5. The summed E-state index contributed by atoms with van der Waals surface area (Å²) in [5.41, 5.74) is 0. The van der Waals surface area contributed by atoms with Gasteiger partial charge in [0.2, 0.25) is 0 Å². The molecule has 4 saturated carbocycles. The Bertz CT molecular complexity index is 245. The van der Waals surface area contributed by atoms with Crippen molar-refractivity contribution in [2.24, 2.45) is 0 Å². The number of rotatable bonds is 0. The summed E-state index contributed by atoms with van der Waals surface area (Å²) in [5.74, 6) is 6.44. The quantitative estimate of drug-likeness (QED) is 0.397. The molecule has 0 atom stereocenters. The summed E-state index contributed by atoms with van der Waals surface area (Å²) < 4.78 is 0. The van der Waals surface area contributed by atoms with Gasteiger partial charge in [-0.1, -0.05) is 38.5 Å². The van der Waals surface area contributed by atoms with Crippen molar-refractivity contribution >= 4 is 17.0 Å². The maximum atomic E-state index is 4.93. The predicted molar refractivity (Wildman–Crippen MR) is 96.6 cm³/mol. The average Bonchev–Trinajstić information content (AvgIpc) is 3.06. The van der Waals surface area contributed by atoms with E-state index in [-0.39, 0.29) is 0 Å². The average molecular weight is 429 g/mol. The molecule has 0 aromatic carbocycles. The Morgan fingerprint density at radius 1 is 0.522 bits per heavy atom. The summed E-state index contributed by atoms with van der Waals surface area (Å²) in [4.78, 5) is 0. The van der Waals surface area contributed by atoms with Crippen LogP contribution in [0.4, 0.5) is 0 Å². The van der Waals surface area contributed by atoms with Crippen LogP contribution in [0.5, 0.6) is 0 Å². The van der Waals surface area contributed by atoms with Gasteiger partial charge in [-0.05, 0) is 87.9 Å². The van der Waals surface area contributed by atoms with Gasteiger partial charge in [0.05, 0.1) is 0 Å². The molecule has 10 radical (unpaired) electrons. The van der Waals surface area contributed by atoms with Crippen molar-refractivity contribution < 1.29 is 20.8 Å². The van der Waals surface area contributed by atoms with Crippen LogP contribution >= 0.6 is 17.0 Å². The van der Waals surface area contributed by atoms with Crippen LogP contribution in [-0.2, 0) is 20.8 Å².